The van der Waals surface area contributed by atoms with Gasteiger partial charge in [-0.3, -0.25) is 10.1 Å². The quantitative estimate of drug-likeness (QED) is 0.287. The molecule has 0 heterocycles. The molecule has 0 aliphatic carbocycles. The summed E-state index contributed by atoms with van der Waals surface area (Å²) in [7, 11) is 0. The van der Waals surface area contributed by atoms with Gasteiger partial charge in [-0.05, 0) is 17.2 Å². The fourth-order valence-corrected chi connectivity index (χ4v) is 1.34. The van der Waals surface area contributed by atoms with E-state index in [0.29, 0.717) is 0 Å². The number of carboxylic acid groups (broad SMARTS) is 1. The van der Waals surface area contributed by atoms with Gasteiger partial charge in [0.05, 0.1) is 6.42 Å². The number of halogens is 1. The van der Waals surface area contributed by atoms with E-state index in [1.165, 1.54) is 0 Å². The molecule has 0 bridgehead atoms. The highest BCUT2D eigenvalue weighted by Gasteiger charge is 2.08. The molecule has 0 unspecified atom stereocenters. The number of hydrogen-bond donors (Lipinski definition) is 2. The third-order valence-corrected chi connectivity index (χ3v) is 2.17. The molecule has 8 nitrogen and oxygen atoms in total. The van der Waals surface area contributed by atoms with Crippen LogP contribution >= 0.6 is 11.6 Å². The summed E-state index contributed by atoms with van der Waals surface area (Å²) in [5, 5.41) is 9.24. The second kappa shape index (κ2) is 8.54. The molecule has 1 aromatic carbocycles. The van der Waals surface area contributed by atoms with Gasteiger partial charge in [0.25, 0.3) is 0 Å². The first-order chi connectivity index (χ1) is 9.97. The fraction of sp³-hybridized carbons (Fsp3) is 0.167. The van der Waals surface area contributed by atoms with Crippen molar-refractivity contribution in [2.75, 3.05) is 6.79 Å². The van der Waals surface area contributed by atoms with Gasteiger partial charge in [0, 0.05) is 0 Å². The highest BCUT2D eigenvalue weighted by atomic mass is 35.5. The number of amidine groups is 1. The number of hydrogen-bond acceptors (Lipinski definition) is 5. The molecule has 9 heteroatoms. The van der Waals surface area contributed by atoms with Crippen LogP contribution in [0.3, 0.4) is 0 Å². The summed E-state index contributed by atoms with van der Waals surface area (Å²) in [5.74, 6) is -0.590. The molecular weight excluding hydrogens is 304 g/mol. The predicted molar refractivity (Wildman–Crippen MR) is 72.0 cm³/mol. The predicted octanol–water partition coefficient (Wildman–Crippen LogP) is 1.73. The molecule has 2 N–H and O–H groups in total. The lowest BCUT2D eigenvalue weighted by molar-refractivity contribution is -0.150. The number of benzene rings is 1. The minimum absolute atomic E-state index is 0.0307. The van der Waals surface area contributed by atoms with Gasteiger partial charge in [0.2, 0.25) is 12.1 Å². The summed E-state index contributed by atoms with van der Waals surface area (Å²) in [6, 6.07) is 8.84. The molecule has 0 aliphatic heterocycles. The molecule has 1 aromatic rings. The van der Waals surface area contributed by atoms with Crippen molar-refractivity contribution < 1.29 is 29.0 Å². The number of rotatable bonds is 4. The monoisotopic (exact) mass is 314 g/mol. The maximum Gasteiger partial charge on any atom is 0.439 e. The van der Waals surface area contributed by atoms with Crippen molar-refractivity contribution in [1.82, 2.24) is 5.32 Å². The topological polar surface area (TPSA) is 114 Å². The van der Waals surface area contributed by atoms with Gasteiger partial charge in [-0.2, -0.15) is 0 Å². The summed E-state index contributed by atoms with van der Waals surface area (Å²) in [5.41, 5.74) is 0.751. The first-order valence-electron chi connectivity index (χ1n) is 5.58. The summed E-state index contributed by atoms with van der Waals surface area (Å²) in [6.45, 7) is -0.648. The smallest absolute Gasteiger partial charge is 0.439 e. The second-order valence-corrected chi connectivity index (χ2v) is 3.90. The van der Waals surface area contributed by atoms with Crippen LogP contribution in [0.2, 0.25) is 0 Å². The lowest BCUT2D eigenvalue weighted by Crippen LogP contribution is -2.25. The van der Waals surface area contributed by atoms with Gasteiger partial charge >= 0.3 is 18.2 Å². The molecule has 2 amide bonds. The van der Waals surface area contributed by atoms with E-state index < -0.39 is 30.2 Å². The highest BCUT2D eigenvalue weighted by Crippen LogP contribution is 2.01. The van der Waals surface area contributed by atoms with Crippen LogP contribution in [-0.4, -0.2) is 35.4 Å². The maximum absolute atomic E-state index is 11.4. The summed E-state index contributed by atoms with van der Waals surface area (Å²) >= 11 is 5.27. The number of nitrogens with one attached hydrogen (secondary N) is 1. The van der Waals surface area contributed by atoms with Crippen LogP contribution in [0, 0.1) is 0 Å². The fourth-order valence-electron chi connectivity index (χ4n) is 1.19. The third-order valence-electron chi connectivity index (χ3n) is 1.99. The molecule has 112 valence electrons. The number of carbonyl (C=O) groups is 3. The van der Waals surface area contributed by atoms with Crippen molar-refractivity contribution in [2.24, 2.45) is 4.99 Å². The summed E-state index contributed by atoms with van der Waals surface area (Å²) in [4.78, 5) is 35.7. The zero-order valence-electron chi connectivity index (χ0n) is 10.6. The van der Waals surface area contributed by atoms with Gasteiger partial charge in [-0.25, -0.2) is 9.59 Å². The zero-order chi connectivity index (χ0) is 15.7. The number of amides is 2. The Morgan fingerprint density at radius 2 is 1.86 bits per heavy atom. The molecule has 0 saturated carbocycles. The SMILES string of the molecule is O=C(O)N/C(Cl)=N/C(=O)OCOC(=O)Cc1ccccc1. The Hall–Kier alpha value is -2.61. The Bertz CT molecular complexity index is 546. The van der Waals surface area contributed by atoms with Crippen molar-refractivity contribution in [3.05, 3.63) is 35.9 Å². The van der Waals surface area contributed by atoms with E-state index in [-0.39, 0.29) is 6.42 Å². The van der Waals surface area contributed by atoms with E-state index in [2.05, 4.69) is 14.5 Å². The number of nitrogens with zero attached hydrogens (tertiary/aromatic N) is 1. The van der Waals surface area contributed by atoms with Crippen LogP contribution in [0.25, 0.3) is 0 Å². The van der Waals surface area contributed by atoms with Crippen molar-refractivity contribution in [2.45, 2.75) is 6.42 Å². The lowest BCUT2D eigenvalue weighted by Gasteiger charge is -2.04. The number of ether oxygens (including phenoxy) is 2. The molecule has 0 saturated heterocycles. The van der Waals surface area contributed by atoms with E-state index >= 15 is 0 Å². The van der Waals surface area contributed by atoms with Crippen molar-refractivity contribution in [3.63, 3.8) is 0 Å². The van der Waals surface area contributed by atoms with Gasteiger partial charge in [0.15, 0.2) is 0 Å². The van der Waals surface area contributed by atoms with E-state index in [1.807, 2.05) is 6.07 Å². The van der Waals surface area contributed by atoms with Crippen molar-refractivity contribution >= 4 is 35.1 Å². The van der Waals surface area contributed by atoms with Crippen molar-refractivity contribution in [1.29, 1.82) is 0 Å². The standard InChI is InChI=1S/C12H11ClN2O6/c13-10(14-11(17)18)15-12(19)21-7-20-9(16)6-8-4-2-1-3-5-8/h1-5H,6-7H2,(H,17,18)(H,14,15,19). The second-order valence-electron chi connectivity index (χ2n) is 3.54. The minimum Gasteiger partial charge on any atom is -0.465 e. The molecule has 1 rings (SSSR count). The average Bonchev–Trinajstić information content (AvgIpc) is 2.38. The summed E-state index contributed by atoms with van der Waals surface area (Å²) < 4.78 is 9.06. The van der Waals surface area contributed by atoms with Gasteiger partial charge in [-0.1, -0.05) is 30.3 Å². The minimum atomic E-state index is -1.48. The maximum atomic E-state index is 11.4. The van der Waals surface area contributed by atoms with Crippen LogP contribution in [0.1, 0.15) is 5.56 Å². The molecule has 21 heavy (non-hydrogen) atoms. The molecule has 0 aliphatic rings. The normalized spacial score (nSPS) is 10.6. The number of aliphatic imine (C=N–C) groups is 1. The van der Waals surface area contributed by atoms with E-state index in [4.69, 9.17) is 16.7 Å². The van der Waals surface area contributed by atoms with Crippen LogP contribution in [0.4, 0.5) is 9.59 Å². The highest BCUT2D eigenvalue weighted by molar-refractivity contribution is 6.66. The number of esters is 1. The van der Waals surface area contributed by atoms with Crippen LogP contribution < -0.4 is 5.32 Å². The summed E-state index contributed by atoms with van der Waals surface area (Å²) in [6.07, 6.45) is -2.64. The lowest BCUT2D eigenvalue weighted by atomic mass is 10.2. The van der Waals surface area contributed by atoms with Gasteiger partial charge in [0.1, 0.15) is 0 Å². The van der Waals surface area contributed by atoms with E-state index in [0.717, 1.165) is 5.56 Å². The van der Waals surface area contributed by atoms with Gasteiger partial charge in [-0.15, -0.1) is 4.99 Å². The first-order valence-corrected chi connectivity index (χ1v) is 5.95. The third kappa shape index (κ3) is 7.53. The van der Waals surface area contributed by atoms with Crippen LogP contribution in [0.15, 0.2) is 35.3 Å². The molecule has 0 spiro atoms. The Morgan fingerprint density at radius 1 is 1.19 bits per heavy atom. The Kier molecular flexibility index (Phi) is 6.69. The Balaban J connectivity index is 2.28. The molecule has 0 fully saturated rings. The largest absolute Gasteiger partial charge is 0.465 e. The van der Waals surface area contributed by atoms with Crippen LogP contribution in [0.5, 0.6) is 0 Å². The van der Waals surface area contributed by atoms with Crippen LogP contribution in [-0.2, 0) is 20.7 Å². The van der Waals surface area contributed by atoms with E-state index in [9.17, 15) is 14.4 Å². The van der Waals surface area contributed by atoms with E-state index in [1.54, 1.807) is 29.6 Å². The van der Waals surface area contributed by atoms with Gasteiger partial charge < -0.3 is 14.6 Å². The molecule has 0 radical (unpaired) electrons. The average molecular weight is 315 g/mol. The first kappa shape index (κ1) is 16.4. The zero-order valence-corrected chi connectivity index (χ0v) is 11.4. The van der Waals surface area contributed by atoms with Crippen molar-refractivity contribution in [3.8, 4) is 0 Å². The Labute approximate surface area is 124 Å². The Morgan fingerprint density at radius 3 is 2.48 bits per heavy atom. The molecule has 0 atom stereocenters. The molecule has 0 aromatic heterocycles. The number of carbonyl (C=O) groups excluding carboxylic acids is 2. The molecular formula is C12H11ClN2O6.